The summed E-state index contributed by atoms with van der Waals surface area (Å²) >= 11 is 11.8. The van der Waals surface area contributed by atoms with Crippen LogP contribution in [0.1, 0.15) is 51.5 Å². The lowest BCUT2D eigenvalue weighted by molar-refractivity contribution is -0.192. The molecule has 0 unspecified atom stereocenters. The number of nitrogens with zero attached hydrogens (tertiary/aromatic N) is 3. The van der Waals surface area contributed by atoms with Gasteiger partial charge in [0.1, 0.15) is 18.1 Å². The first-order chi connectivity index (χ1) is 29.4. The van der Waals surface area contributed by atoms with Crippen molar-refractivity contribution in [2.45, 2.75) is 82.7 Å². The lowest BCUT2D eigenvalue weighted by Crippen LogP contribution is -2.56. The van der Waals surface area contributed by atoms with Gasteiger partial charge in [-0.25, -0.2) is 4.79 Å². The zero-order valence-electron chi connectivity index (χ0n) is 34.6. The molecule has 0 aromatic heterocycles. The molecular weight excluding hydrogens is 860 g/mol. The van der Waals surface area contributed by atoms with Gasteiger partial charge in [0, 0.05) is 49.3 Å². The molecule has 0 bridgehead atoms. The Morgan fingerprint density at radius 2 is 1.40 bits per heavy atom. The van der Waals surface area contributed by atoms with Crippen molar-refractivity contribution in [1.29, 1.82) is 0 Å². The highest BCUT2D eigenvalue weighted by Gasteiger charge is 2.39. The molecule has 2 saturated heterocycles. The van der Waals surface area contributed by atoms with E-state index in [1.807, 2.05) is 61.2 Å². The minimum Gasteiger partial charge on any atom is -0.475 e. The predicted octanol–water partition coefficient (Wildman–Crippen LogP) is 2.86. The molecule has 2 heterocycles. The van der Waals surface area contributed by atoms with Crippen molar-refractivity contribution in [2.24, 2.45) is 11.7 Å². The largest absolute Gasteiger partial charge is 0.490 e. The Labute approximate surface area is 368 Å². The van der Waals surface area contributed by atoms with E-state index in [-0.39, 0.29) is 24.9 Å². The molecule has 2 fully saturated rings. The van der Waals surface area contributed by atoms with E-state index in [0.717, 1.165) is 11.3 Å². The van der Waals surface area contributed by atoms with Gasteiger partial charge < -0.3 is 46.8 Å². The Kier molecular flexibility index (Phi) is 20.7. The van der Waals surface area contributed by atoms with Gasteiger partial charge in [0.05, 0.1) is 19.1 Å². The first-order valence-electron chi connectivity index (χ1n) is 20.2. The number of hydrogen-bond donors (Lipinski definition) is 6. The van der Waals surface area contributed by atoms with E-state index in [2.05, 4.69) is 21.3 Å². The van der Waals surface area contributed by atoms with Gasteiger partial charge in [-0.2, -0.15) is 13.2 Å². The maximum absolute atomic E-state index is 13.5. The number of alkyl halides is 5. The number of hydrogen-bond acceptors (Lipinski definition) is 9. The molecule has 2 aliphatic rings. The number of carbonyl (C=O) groups is 7. The van der Waals surface area contributed by atoms with Gasteiger partial charge in [-0.05, 0) is 74.3 Å². The van der Waals surface area contributed by atoms with Gasteiger partial charge in [0.15, 0.2) is 0 Å². The van der Waals surface area contributed by atoms with Crippen molar-refractivity contribution in [3.63, 3.8) is 0 Å². The molecule has 21 heteroatoms. The first-order valence-corrected chi connectivity index (χ1v) is 21.2. The molecule has 0 aliphatic carbocycles. The molecule has 62 heavy (non-hydrogen) atoms. The topological polar surface area (TPSA) is 224 Å². The Balaban J connectivity index is 0.00000134. The fourth-order valence-electron chi connectivity index (χ4n) is 6.99. The number of nitrogens with one attached hydrogen (secondary N) is 4. The number of carboxylic acid groups (broad SMARTS) is 1. The van der Waals surface area contributed by atoms with Crippen molar-refractivity contribution in [1.82, 2.24) is 25.8 Å². The molecule has 6 amide bonds. The summed E-state index contributed by atoms with van der Waals surface area (Å²) in [5, 5.41) is 18.0. The Bertz CT molecular complexity index is 1820. The van der Waals surface area contributed by atoms with Crippen LogP contribution in [0.25, 0.3) is 0 Å². The fraction of sp³-hybridized carbons (Fsp3) is 0.537. The molecule has 4 atom stereocenters. The number of amides is 6. The van der Waals surface area contributed by atoms with Gasteiger partial charge in [0.2, 0.25) is 35.4 Å². The predicted molar refractivity (Wildman–Crippen MR) is 227 cm³/mol. The lowest BCUT2D eigenvalue weighted by Gasteiger charge is -2.29. The second-order valence-corrected chi connectivity index (χ2v) is 15.9. The standard InChI is InChI=1S/C39H54Cl2N8O6.C2HF3O2/c1-26(2)22-31(46-38(54)33-11-7-19-49(33)39(55)30(42)23-27-8-4-3-5-9-27)36(52)44-25-35(51)48-18-6-10-32(48)37(53)43-24-34(50)45-28-12-14-29(15-13-28)47(20-16-40)21-17-41;3-2(4,5)1(6)7/h3-5,8-9,12-15,26,30-33H,6-7,10-11,16-25,42H2,1-2H3,(H,43,53)(H,44,52)(H,45,50)(H,46,54);(H,6,7)/t30-,31+,32+,33+;/m1./s1. The minimum atomic E-state index is -5.08. The number of anilines is 2. The molecule has 2 aromatic carbocycles. The average molecular weight is 916 g/mol. The van der Waals surface area contributed by atoms with Crippen LogP contribution in [-0.4, -0.2) is 138 Å². The van der Waals surface area contributed by atoms with E-state index >= 15 is 0 Å². The molecule has 16 nitrogen and oxygen atoms in total. The number of benzene rings is 2. The molecule has 0 spiro atoms. The first kappa shape index (κ1) is 51.2. The number of halogens is 5. The number of likely N-dealkylation sites (tertiary alicyclic amines) is 2. The molecule has 2 aromatic rings. The average Bonchev–Trinajstić information content (AvgIpc) is 3.93. The van der Waals surface area contributed by atoms with Crippen molar-refractivity contribution in [3.05, 3.63) is 60.2 Å². The number of carboxylic acids is 1. The highest BCUT2D eigenvalue weighted by atomic mass is 35.5. The molecule has 0 radical (unpaired) electrons. The van der Waals surface area contributed by atoms with Crippen LogP contribution in [0.5, 0.6) is 0 Å². The second kappa shape index (κ2) is 25.1. The molecule has 7 N–H and O–H groups in total. The normalized spacial score (nSPS) is 17.0. The van der Waals surface area contributed by atoms with Crippen LogP contribution in [0.2, 0.25) is 0 Å². The summed E-state index contributed by atoms with van der Waals surface area (Å²) in [5.41, 5.74) is 8.66. The van der Waals surface area contributed by atoms with Crippen LogP contribution in [0, 0.1) is 5.92 Å². The van der Waals surface area contributed by atoms with Gasteiger partial charge in [-0.15, -0.1) is 23.2 Å². The van der Waals surface area contributed by atoms with Crippen molar-refractivity contribution >= 4 is 76.0 Å². The number of carbonyl (C=O) groups excluding carboxylic acids is 6. The van der Waals surface area contributed by atoms with E-state index in [0.29, 0.717) is 82.2 Å². The van der Waals surface area contributed by atoms with E-state index < -0.39 is 65.8 Å². The van der Waals surface area contributed by atoms with Gasteiger partial charge in [-0.1, -0.05) is 44.2 Å². The van der Waals surface area contributed by atoms with E-state index in [9.17, 15) is 41.9 Å². The summed E-state index contributed by atoms with van der Waals surface area (Å²) in [6.07, 6.45) is -2.37. The van der Waals surface area contributed by atoms with Crippen molar-refractivity contribution < 1.29 is 51.8 Å². The summed E-state index contributed by atoms with van der Waals surface area (Å²) in [7, 11) is 0. The molecular formula is C41H55Cl2F3N8O8. The van der Waals surface area contributed by atoms with Crippen molar-refractivity contribution in [3.8, 4) is 0 Å². The maximum atomic E-state index is 13.5. The quantitative estimate of drug-likeness (QED) is 0.113. The van der Waals surface area contributed by atoms with Crippen LogP contribution in [0.4, 0.5) is 24.5 Å². The van der Waals surface area contributed by atoms with Gasteiger partial charge in [-0.3, -0.25) is 28.8 Å². The Morgan fingerprint density at radius 1 is 0.839 bits per heavy atom. The van der Waals surface area contributed by atoms with Crippen LogP contribution in [-0.2, 0) is 40.0 Å². The zero-order chi connectivity index (χ0) is 46.0. The summed E-state index contributed by atoms with van der Waals surface area (Å²) < 4.78 is 31.7. The maximum Gasteiger partial charge on any atom is 0.490 e. The Morgan fingerprint density at radius 3 is 1.95 bits per heavy atom. The molecule has 0 saturated carbocycles. The third-order valence-corrected chi connectivity index (χ3v) is 10.3. The third kappa shape index (κ3) is 16.3. The number of rotatable bonds is 19. The monoisotopic (exact) mass is 914 g/mol. The Hall–Kier alpha value is -5.14. The summed E-state index contributed by atoms with van der Waals surface area (Å²) in [5.74, 6) is -4.49. The number of aliphatic carboxylic acids is 1. The van der Waals surface area contributed by atoms with Gasteiger partial charge in [0.25, 0.3) is 0 Å². The smallest absolute Gasteiger partial charge is 0.475 e. The molecule has 4 rings (SSSR count). The lowest BCUT2D eigenvalue weighted by atomic mass is 10.0. The van der Waals surface area contributed by atoms with Crippen molar-refractivity contribution in [2.75, 3.05) is 61.2 Å². The third-order valence-electron chi connectivity index (χ3n) is 9.97. The number of nitrogens with two attached hydrogens (primary N) is 1. The van der Waals surface area contributed by atoms with Crippen LogP contribution < -0.4 is 31.9 Å². The zero-order valence-corrected chi connectivity index (χ0v) is 36.1. The SMILES string of the molecule is CC(C)C[C@H](NC(=O)[C@@H]1CCCN1C(=O)[C@H](N)Cc1ccccc1)C(=O)NCC(=O)N1CCC[C@H]1C(=O)NCC(=O)Nc1ccc(N(CCCl)CCCl)cc1.O=C(O)C(F)(F)F. The van der Waals surface area contributed by atoms with Crippen LogP contribution in [0.3, 0.4) is 0 Å². The molecule has 2 aliphatic heterocycles. The minimum absolute atomic E-state index is 0.0307. The van der Waals surface area contributed by atoms with E-state index in [1.54, 1.807) is 12.1 Å². The highest BCUT2D eigenvalue weighted by Crippen LogP contribution is 2.22. The summed E-state index contributed by atoms with van der Waals surface area (Å²) in [6.45, 7) is 5.13. The summed E-state index contributed by atoms with van der Waals surface area (Å²) in [6, 6.07) is 13.3. The van der Waals surface area contributed by atoms with Gasteiger partial charge >= 0.3 is 12.1 Å². The molecule has 342 valence electrons. The van der Waals surface area contributed by atoms with Crippen LogP contribution >= 0.6 is 23.2 Å². The second-order valence-electron chi connectivity index (χ2n) is 15.1. The van der Waals surface area contributed by atoms with E-state index in [1.165, 1.54) is 9.80 Å². The van der Waals surface area contributed by atoms with Crippen LogP contribution in [0.15, 0.2) is 54.6 Å². The fourth-order valence-corrected chi connectivity index (χ4v) is 7.40. The highest BCUT2D eigenvalue weighted by molar-refractivity contribution is 6.18. The van der Waals surface area contributed by atoms with E-state index in [4.69, 9.17) is 38.8 Å². The summed E-state index contributed by atoms with van der Waals surface area (Å²) in [4.78, 5) is 93.1.